The molecule has 5 nitrogen and oxygen atoms in total. The Balaban J connectivity index is 2.02. The first-order valence-electron chi connectivity index (χ1n) is 6.42. The summed E-state index contributed by atoms with van der Waals surface area (Å²) >= 11 is 0. The molecule has 19 heavy (non-hydrogen) atoms. The second-order valence-corrected chi connectivity index (χ2v) is 4.71. The number of hydrogen-bond acceptors (Lipinski definition) is 5. The van der Waals surface area contributed by atoms with E-state index >= 15 is 0 Å². The van der Waals surface area contributed by atoms with E-state index < -0.39 is 0 Å². The minimum absolute atomic E-state index is 0.0446. The van der Waals surface area contributed by atoms with Crippen LogP contribution in [0.2, 0.25) is 0 Å². The van der Waals surface area contributed by atoms with Crippen molar-refractivity contribution in [2.45, 2.75) is 6.10 Å². The van der Waals surface area contributed by atoms with Crippen molar-refractivity contribution in [3.63, 3.8) is 0 Å². The van der Waals surface area contributed by atoms with Gasteiger partial charge in [-0.05, 0) is 23.6 Å². The predicted octanol–water partition coefficient (Wildman–Crippen LogP) is 1.10. The van der Waals surface area contributed by atoms with Crippen LogP contribution in [0.1, 0.15) is 0 Å². The van der Waals surface area contributed by atoms with Gasteiger partial charge in [-0.2, -0.15) is 0 Å². The van der Waals surface area contributed by atoms with Gasteiger partial charge in [0.2, 0.25) is 0 Å². The van der Waals surface area contributed by atoms with Gasteiger partial charge >= 0.3 is 0 Å². The lowest BCUT2D eigenvalue weighted by atomic mass is 10.1. The fraction of sp³-hybridized carbons (Fsp3) is 0.357. The average Bonchev–Trinajstić information content (AvgIpc) is 2.46. The Morgan fingerprint density at radius 2 is 2.32 bits per heavy atom. The number of nitrogens with zero attached hydrogens (tertiary/aromatic N) is 2. The summed E-state index contributed by atoms with van der Waals surface area (Å²) in [6.07, 6.45) is 1.84. The quantitative estimate of drug-likeness (QED) is 0.845. The van der Waals surface area contributed by atoms with Crippen molar-refractivity contribution in [1.29, 1.82) is 0 Å². The lowest BCUT2D eigenvalue weighted by Crippen LogP contribution is -2.46. The lowest BCUT2D eigenvalue weighted by Gasteiger charge is -2.33. The van der Waals surface area contributed by atoms with Crippen molar-refractivity contribution in [2.75, 3.05) is 31.1 Å². The topological polar surface area (TPSA) is 71.6 Å². The predicted molar refractivity (Wildman–Crippen MR) is 74.4 cm³/mol. The van der Waals surface area contributed by atoms with E-state index in [1.807, 2.05) is 12.1 Å². The Labute approximate surface area is 111 Å². The van der Waals surface area contributed by atoms with Crippen molar-refractivity contribution >= 4 is 16.6 Å². The molecule has 0 spiro atoms. The molecule has 0 aliphatic carbocycles. The highest BCUT2D eigenvalue weighted by Gasteiger charge is 2.21. The average molecular weight is 259 g/mol. The number of ether oxygens (including phenoxy) is 1. The molecule has 1 saturated heterocycles. The number of pyridine rings is 1. The summed E-state index contributed by atoms with van der Waals surface area (Å²) in [5.41, 5.74) is 5.67. The smallest absolute Gasteiger partial charge is 0.136 e. The number of nitrogens with two attached hydrogens (primary N) is 1. The zero-order valence-corrected chi connectivity index (χ0v) is 10.6. The molecule has 1 atom stereocenters. The van der Waals surface area contributed by atoms with Gasteiger partial charge in [-0.1, -0.05) is 6.07 Å². The van der Waals surface area contributed by atoms with Crippen LogP contribution in [-0.2, 0) is 4.74 Å². The summed E-state index contributed by atoms with van der Waals surface area (Å²) in [4.78, 5) is 6.63. The summed E-state index contributed by atoms with van der Waals surface area (Å²) in [5.74, 6) is 1.14. The Morgan fingerprint density at radius 3 is 3.16 bits per heavy atom. The number of fused-ring (bicyclic) bond motifs is 1. The number of rotatable bonds is 2. The number of benzene rings is 1. The van der Waals surface area contributed by atoms with Crippen LogP contribution in [0.5, 0.6) is 5.75 Å². The summed E-state index contributed by atoms with van der Waals surface area (Å²) in [7, 11) is 0. The second-order valence-electron chi connectivity index (χ2n) is 4.71. The number of aromatic hydroxyl groups is 1. The molecule has 1 aliphatic heterocycles. The molecule has 1 fully saturated rings. The zero-order valence-electron chi connectivity index (χ0n) is 10.6. The molecule has 1 aromatic carbocycles. The number of phenolic OH excluding ortho intramolecular Hbond substituents is 1. The Bertz CT molecular complexity index is 588. The molecule has 2 aromatic rings. The lowest BCUT2D eigenvalue weighted by molar-refractivity contribution is 0.0464. The summed E-state index contributed by atoms with van der Waals surface area (Å²) in [5, 5.41) is 11.7. The highest BCUT2D eigenvalue weighted by molar-refractivity contribution is 5.93. The van der Waals surface area contributed by atoms with Gasteiger partial charge in [0.05, 0.1) is 12.7 Å². The van der Waals surface area contributed by atoms with Gasteiger partial charge in [-0.3, -0.25) is 0 Å². The van der Waals surface area contributed by atoms with E-state index in [1.165, 1.54) is 0 Å². The molecule has 0 saturated carbocycles. The van der Waals surface area contributed by atoms with E-state index in [0.717, 1.165) is 29.7 Å². The third kappa shape index (κ3) is 2.34. The third-order valence-electron chi connectivity index (χ3n) is 3.43. The van der Waals surface area contributed by atoms with Crippen molar-refractivity contribution in [3.8, 4) is 5.75 Å². The van der Waals surface area contributed by atoms with Gasteiger partial charge in [-0.15, -0.1) is 0 Å². The minimum atomic E-state index is 0.0446. The van der Waals surface area contributed by atoms with Gasteiger partial charge in [0.1, 0.15) is 11.6 Å². The fourth-order valence-corrected chi connectivity index (χ4v) is 2.45. The molecule has 0 radical (unpaired) electrons. The maximum Gasteiger partial charge on any atom is 0.136 e. The highest BCUT2D eigenvalue weighted by atomic mass is 16.5. The first kappa shape index (κ1) is 12.2. The van der Waals surface area contributed by atoms with Crippen molar-refractivity contribution in [1.82, 2.24) is 4.98 Å². The molecule has 0 bridgehead atoms. The Morgan fingerprint density at radius 1 is 1.42 bits per heavy atom. The number of aromatic nitrogens is 1. The van der Waals surface area contributed by atoms with E-state index in [1.54, 1.807) is 18.3 Å². The number of hydrogen-bond donors (Lipinski definition) is 2. The van der Waals surface area contributed by atoms with E-state index in [-0.39, 0.29) is 11.9 Å². The molecule has 3 N–H and O–H groups in total. The van der Waals surface area contributed by atoms with Gasteiger partial charge < -0.3 is 20.5 Å². The minimum Gasteiger partial charge on any atom is -0.508 e. The standard InChI is InChI=1S/C14H17N3O2/c15-8-12-9-17(5-6-19-12)14-13-7-11(18)2-1-10(13)3-4-16-14/h1-4,7,12,18H,5-6,8-9,15H2. The fourth-order valence-electron chi connectivity index (χ4n) is 2.45. The van der Waals surface area contributed by atoms with Gasteiger partial charge in [0, 0.05) is 31.2 Å². The second kappa shape index (κ2) is 5.03. The van der Waals surface area contributed by atoms with E-state index in [9.17, 15) is 5.11 Å². The molecule has 2 heterocycles. The third-order valence-corrected chi connectivity index (χ3v) is 3.43. The van der Waals surface area contributed by atoms with Crippen molar-refractivity contribution < 1.29 is 9.84 Å². The molecule has 1 aliphatic rings. The highest BCUT2D eigenvalue weighted by Crippen LogP contribution is 2.28. The number of morpholine rings is 1. The SMILES string of the molecule is NCC1CN(c2nccc3ccc(O)cc23)CCO1. The maximum atomic E-state index is 9.66. The summed E-state index contributed by atoms with van der Waals surface area (Å²) < 4.78 is 5.57. The molecule has 100 valence electrons. The van der Waals surface area contributed by atoms with Gasteiger partial charge in [-0.25, -0.2) is 4.98 Å². The molecule has 3 rings (SSSR count). The first-order valence-corrected chi connectivity index (χ1v) is 6.42. The van der Waals surface area contributed by atoms with E-state index in [4.69, 9.17) is 10.5 Å². The molecular formula is C14H17N3O2. The van der Waals surface area contributed by atoms with Crippen LogP contribution in [0.15, 0.2) is 30.5 Å². The maximum absolute atomic E-state index is 9.66. The molecular weight excluding hydrogens is 242 g/mol. The first-order chi connectivity index (χ1) is 9.28. The molecule has 1 unspecified atom stereocenters. The summed E-state index contributed by atoms with van der Waals surface area (Å²) in [6.45, 7) is 2.68. The zero-order chi connectivity index (χ0) is 13.2. The van der Waals surface area contributed by atoms with Crippen LogP contribution in [0.25, 0.3) is 10.8 Å². The number of anilines is 1. The van der Waals surface area contributed by atoms with E-state index in [0.29, 0.717) is 13.2 Å². The van der Waals surface area contributed by atoms with Crippen LogP contribution in [0, 0.1) is 0 Å². The van der Waals surface area contributed by atoms with Crippen LogP contribution >= 0.6 is 0 Å². The molecule has 1 aromatic heterocycles. The largest absolute Gasteiger partial charge is 0.508 e. The van der Waals surface area contributed by atoms with Crippen LogP contribution in [-0.4, -0.2) is 42.4 Å². The van der Waals surface area contributed by atoms with Gasteiger partial charge in [0.15, 0.2) is 0 Å². The van der Waals surface area contributed by atoms with E-state index in [2.05, 4.69) is 9.88 Å². The molecule has 0 amide bonds. The van der Waals surface area contributed by atoms with Crippen LogP contribution in [0.3, 0.4) is 0 Å². The van der Waals surface area contributed by atoms with Crippen molar-refractivity contribution in [2.24, 2.45) is 5.73 Å². The van der Waals surface area contributed by atoms with Crippen LogP contribution < -0.4 is 10.6 Å². The Hall–Kier alpha value is -1.85. The Kier molecular flexibility index (Phi) is 3.23. The van der Waals surface area contributed by atoms with Crippen LogP contribution in [0.4, 0.5) is 5.82 Å². The number of phenols is 1. The normalized spacial score (nSPS) is 19.8. The van der Waals surface area contributed by atoms with Gasteiger partial charge in [0.25, 0.3) is 0 Å². The molecule has 5 heteroatoms. The summed E-state index contributed by atoms with van der Waals surface area (Å²) in [6, 6.07) is 7.29. The van der Waals surface area contributed by atoms with Crippen molar-refractivity contribution in [3.05, 3.63) is 30.5 Å². The monoisotopic (exact) mass is 259 g/mol.